The first-order valence-corrected chi connectivity index (χ1v) is 7.26. The Balaban J connectivity index is 1.54. The van der Waals surface area contributed by atoms with Gasteiger partial charge < -0.3 is 15.7 Å². The Kier molecular flexibility index (Phi) is 4.03. The van der Waals surface area contributed by atoms with Crippen LogP contribution in [0.3, 0.4) is 0 Å². The fraction of sp³-hybridized carbons (Fsp3) is 0.438. The number of fused-ring (bicyclic) bond motifs is 2. The molecule has 1 aliphatic carbocycles. The van der Waals surface area contributed by atoms with Gasteiger partial charge in [-0.1, -0.05) is 24.3 Å². The topological polar surface area (TPSA) is 61.4 Å². The zero-order valence-electron chi connectivity index (χ0n) is 11.6. The maximum Gasteiger partial charge on any atom is 0.225 e. The number of aliphatic hydroxyl groups is 1. The second-order valence-electron chi connectivity index (χ2n) is 5.73. The number of halogens is 1. The van der Waals surface area contributed by atoms with Gasteiger partial charge in [0.05, 0.1) is 12.0 Å². The van der Waals surface area contributed by atoms with Crippen LogP contribution in [0.15, 0.2) is 36.4 Å². The van der Waals surface area contributed by atoms with Crippen molar-refractivity contribution in [3.63, 3.8) is 0 Å². The van der Waals surface area contributed by atoms with E-state index in [1.807, 2.05) is 0 Å². The Morgan fingerprint density at radius 2 is 2.14 bits per heavy atom. The summed E-state index contributed by atoms with van der Waals surface area (Å²) in [6, 6.07) is 5.75. The first kappa shape index (κ1) is 14.2. The van der Waals surface area contributed by atoms with E-state index < -0.39 is 6.10 Å². The third-order valence-electron chi connectivity index (χ3n) is 4.26. The lowest BCUT2D eigenvalue weighted by Gasteiger charge is -2.38. The van der Waals surface area contributed by atoms with Gasteiger partial charge in [0.15, 0.2) is 0 Å². The van der Waals surface area contributed by atoms with E-state index in [-0.39, 0.29) is 30.2 Å². The van der Waals surface area contributed by atoms with Crippen LogP contribution in [0.1, 0.15) is 18.1 Å². The number of benzene rings is 1. The Morgan fingerprint density at radius 3 is 2.71 bits per heavy atom. The van der Waals surface area contributed by atoms with Gasteiger partial charge in [-0.15, -0.1) is 0 Å². The van der Waals surface area contributed by atoms with E-state index in [4.69, 9.17) is 0 Å². The highest BCUT2D eigenvalue weighted by atomic mass is 19.1. The van der Waals surface area contributed by atoms with E-state index >= 15 is 0 Å². The van der Waals surface area contributed by atoms with Crippen LogP contribution < -0.4 is 10.6 Å². The highest BCUT2D eigenvalue weighted by Crippen LogP contribution is 2.28. The van der Waals surface area contributed by atoms with Crippen molar-refractivity contribution in [3.05, 3.63) is 47.8 Å². The SMILES string of the molecule is O=C(NCC(O)c1ccc(F)cc1)C1CC2C=CC1NC2. The van der Waals surface area contributed by atoms with E-state index in [0.29, 0.717) is 11.5 Å². The van der Waals surface area contributed by atoms with Crippen LogP contribution in [-0.2, 0) is 4.79 Å². The summed E-state index contributed by atoms with van der Waals surface area (Å²) in [5, 5.41) is 16.1. The maximum atomic E-state index is 12.8. The van der Waals surface area contributed by atoms with Crippen LogP contribution >= 0.6 is 0 Å². The maximum absolute atomic E-state index is 12.8. The predicted molar refractivity (Wildman–Crippen MR) is 76.9 cm³/mol. The first-order valence-electron chi connectivity index (χ1n) is 7.26. The molecule has 1 saturated heterocycles. The lowest BCUT2D eigenvalue weighted by molar-refractivity contribution is -0.127. The molecule has 0 saturated carbocycles. The van der Waals surface area contributed by atoms with Gasteiger partial charge in [0.1, 0.15) is 5.82 Å². The largest absolute Gasteiger partial charge is 0.387 e. The number of hydrogen-bond donors (Lipinski definition) is 3. The molecule has 2 bridgehead atoms. The standard InChI is InChI=1S/C16H19FN2O2/c17-12-4-2-11(3-5-12)15(20)9-19-16(21)13-7-10-1-6-14(13)18-8-10/h1-6,10,13-15,18,20H,7-9H2,(H,19,21). The molecule has 1 amide bonds. The molecule has 2 aliphatic heterocycles. The van der Waals surface area contributed by atoms with Gasteiger partial charge >= 0.3 is 0 Å². The minimum atomic E-state index is -0.821. The van der Waals surface area contributed by atoms with Gasteiger partial charge in [-0.2, -0.15) is 0 Å². The Labute approximate surface area is 123 Å². The summed E-state index contributed by atoms with van der Waals surface area (Å²) >= 11 is 0. The quantitative estimate of drug-likeness (QED) is 0.729. The minimum Gasteiger partial charge on any atom is -0.387 e. The number of carbonyl (C=O) groups is 1. The normalized spacial score (nSPS) is 28.4. The number of nitrogens with one attached hydrogen (secondary N) is 2. The Morgan fingerprint density at radius 1 is 1.38 bits per heavy atom. The summed E-state index contributed by atoms with van der Waals surface area (Å²) in [5.41, 5.74) is 0.597. The highest BCUT2D eigenvalue weighted by molar-refractivity contribution is 5.80. The number of aliphatic hydroxyl groups excluding tert-OH is 1. The molecule has 112 valence electrons. The fourth-order valence-corrected chi connectivity index (χ4v) is 3.01. The summed E-state index contributed by atoms with van der Waals surface area (Å²) in [7, 11) is 0. The lowest BCUT2D eigenvalue weighted by Crippen LogP contribution is -2.52. The van der Waals surface area contributed by atoms with E-state index in [2.05, 4.69) is 22.8 Å². The van der Waals surface area contributed by atoms with Gasteiger partial charge in [-0.3, -0.25) is 4.79 Å². The molecule has 2 heterocycles. The van der Waals surface area contributed by atoms with Crippen LogP contribution in [0.2, 0.25) is 0 Å². The van der Waals surface area contributed by atoms with Crippen molar-refractivity contribution in [2.75, 3.05) is 13.1 Å². The zero-order chi connectivity index (χ0) is 14.8. The zero-order valence-corrected chi connectivity index (χ0v) is 11.6. The fourth-order valence-electron chi connectivity index (χ4n) is 3.01. The molecule has 3 aliphatic rings. The molecule has 4 unspecified atom stereocenters. The van der Waals surface area contributed by atoms with Gasteiger partial charge in [-0.25, -0.2) is 4.39 Å². The Hall–Kier alpha value is -1.72. The van der Waals surface area contributed by atoms with E-state index in [1.54, 1.807) is 0 Å². The minimum absolute atomic E-state index is 0.0392. The molecule has 3 N–H and O–H groups in total. The van der Waals surface area contributed by atoms with Crippen molar-refractivity contribution in [3.8, 4) is 0 Å². The summed E-state index contributed by atoms with van der Waals surface area (Å²) in [6.45, 7) is 1.07. The number of amides is 1. The first-order chi connectivity index (χ1) is 10.1. The third kappa shape index (κ3) is 3.14. The van der Waals surface area contributed by atoms with Crippen molar-refractivity contribution in [2.45, 2.75) is 18.6 Å². The van der Waals surface area contributed by atoms with Gasteiger partial charge in [0.25, 0.3) is 0 Å². The average molecular weight is 290 g/mol. The van der Waals surface area contributed by atoms with Crippen LogP contribution in [0.4, 0.5) is 4.39 Å². The smallest absolute Gasteiger partial charge is 0.225 e. The lowest BCUT2D eigenvalue weighted by atomic mass is 9.78. The second-order valence-corrected chi connectivity index (χ2v) is 5.73. The summed E-state index contributed by atoms with van der Waals surface area (Å²) in [5.74, 6) is -0.0317. The molecule has 21 heavy (non-hydrogen) atoms. The van der Waals surface area contributed by atoms with Gasteiger partial charge in [-0.05, 0) is 30.0 Å². The molecule has 5 heteroatoms. The van der Waals surface area contributed by atoms with Crippen molar-refractivity contribution in [2.24, 2.45) is 11.8 Å². The second kappa shape index (κ2) is 5.95. The molecule has 4 rings (SSSR count). The molecule has 1 aromatic rings. The van der Waals surface area contributed by atoms with E-state index in [9.17, 15) is 14.3 Å². The molecular weight excluding hydrogens is 271 g/mol. The predicted octanol–water partition coefficient (Wildman–Crippen LogP) is 1.14. The van der Waals surface area contributed by atoms with Crippen LogP contribution in [0, 0.1) is 17.7 Å². The van der Waals surface area contributed by atoms with Gasteiger partial charge in [0, 0.05) is 19.1 Å². The number of rotatable bonds is 4. The van der Waals surface area contributed by atoms with Crippen molar-refractivity contribution in [1.29, 1.82) is 0 Å². The molecule has 1 aromatic carbocycles. The number of hydrogen-bond acceptors (Lipinski definition) is 3. The highest BCUT2D eigenvalue weighted by Gasteiger charge is 2.36. The summed E-state index contributed by atoms with van der Waals surface area (Å²) < 4.78 is 12.8. The molecule has 4 nitrogen and oxygen atoms in total. The van der Waals surface area contributed by atoms with Crippen LogP contribution in [0.5, 0.6) is 0 Å². The monoisotopic (exact) mass is 290 g/mol. The van der Waals surface area contributed by atoms with E-state index in [0.717, 1.165) is 13.0 Å². The molecule has 0 spiro atoms. The Bertz CT molecular complexity index is 544. The molecular formula is C16H19FN2O2. The van der Waals surface area contributed by atoms with Gasteiger partial charge in [0.2, 0.25) is 5.91 Å². The van der Waals surface area contributed by atoms with E-state index in [1.165, 1.54) is 24.3 Å². The number of piperidine rings is 1. The summed E-state index contributed by atoms with van der Waals surface area (Å²) in [6.07, 6.45) is 4.25. The van der Waals surface area contributed by atoms with Crippen molar-refractivity contribution in [1.82, 2.24) is 10.6 Å². The molecule has 1 fully saturated rings. The van der Waals surface area contributed by atoms with Crippen molar-refractivity contribution < 1.29 is 14.3 Å². The van der Waals surface area contributed by atoms with Crippen LogP contribution in [-0.4, -0.2) is 30.1 Å². The average Bonchev–Trinajstić information content (AvgIpc) is 2.54. The molecule has 0 radical (unpaired) electrons. The summed E-state index contributed by atoms with van der Waals surface area (Å²) in [4.78, 5) is 12.2. The number of carbonyl (C=O) groups excluding carboxylic acids is 1. The molecule has 4 atom stereocenters. The third-order valence-corrected chi connectivity index (χ3v) is 4.26. The molecule has 0 aromatic heterocycles. The van der Waals surface area contributed by atoms with Crippen molar-refractivity contribution >= 4 is 5.91 Å². The van der Waals surface area contributed by atoms with Crippen LogP contribution in [0.25, 0.3) is 0 Å².